The minimum atomic E-state index is 0.840. The molecule has 0 fully saturated rings. The zero-order valence-corrected chi connectivity index (χ0v) is 8.15. The molecule has 0 aliphatic carbocycles. The summed E-state index contributed by atoms with van der Waals surface area (Å²) < 4.78 is 0. The van der Waals surface area contributed by atoms with Crippen LogP contribution in [0.2, 0.25) is 5.02 Å². The van der Waals surface area contributed by atoms with Crippen molar-refractivity contribution >= 4 is 11.6 Å². The van der Waals surface area contributed by atoms with E-state index in [0.29, 0.717) is 0 Å². The second-order valence-corrected chi connectivity index (χ2v) is 2.86. The fourth-order valence-corrected chi connectivity index (χ4v) is 0.687. The average molecular weight is 171 g/mol. The van der Waals surface area contributed by atoms with Crippen LogP contribution in [0.4, 0.5) is 0 Å². The molecule has 1 heteroatoms. The summed E-state index contributed by atoms with van der Waals surface area (Å²) in [4.78, 5) is 0. The zero-order chi connectivity index (χ0) is 8.69. The standard InChI is InChI=1S/C7H7Cl.C3H8/c1-6-4-2-3-5-7(6)8;1-3-2/h2-5H,1H3;3H2,1-2H3. The fourth-order valence-electron chi connectivity index (χ4n) is 0.551. The lowest BCUT2D eigenvalue weighted by atomic mass is 10.2. The maximum absolute atomic E-state index is 5.71. The molecular weight excluding hydrogens is 156 g/mol. The molecule has 1 aromatic carbocycles. The van der Waals surface area contributed by atoms with Gasteiger partial charge < -0.3 is 0 Å². The number of benzene rings is 1. The molecule has 62 valence electrons. The molecule has 0 saturated carbocycles. The molecule has 11 heavy (non-hydrogen) atoms. The van der Waals surface area contributed by atoms with Crippen molar-refractivity contribution in [1.29, 1.82) is 0 Å². The molecule has 0 heterocycles. The molecule has 0 bridgehead atoms. The summed E-state index contributed by atoms with van der Waals surface area (Å²) in [6.45, 7) is 6.24. The Bertz CT molecular complexity index is 173. The highest BCUT2D eigenvalue weighted by Gasteiger charge is 1.86. The Morgan fingerprint density at radius 3 is 1.91 bits per heavy atom. The molecular formula is C10H15Cl. The Kier molecular flexibility index (Phi) is 5.96. The molecule has 0 spiro atoms. The van der Waals surface area contributed by atoms with Crippen LogP contribution in [-0.4, -0.2) is 0 Å². The monoisotopic (exact) mass is 170 g/mol. The molecule has 0 unspecified atom stereocenters. The van der Waals surface area contributed by atoms with Gasteiger partial charge in [-0.15, -0.1) is 0 Å². The van der Waals surface area contributed by atoms with Crippen molar-refractivity contribution < 1.29 is 0 Å². The third-order valence-corrected chi connectivity index (χ3v) is 1.50. The summed E-state index contributed by atoms with van der Waals surface area (Å²) in [6, 6.07) is 7.77. The van der Waals surface area contributed by atoms with Gasteiger partial charge in [0.2, 0.25) is 0 Å². The van der Waals surface area contributed by atoms with Crippen LogP contribution in [0, 0.1) is 6.92 Å². The van der Waals surface area contributed by atoms with Crippen molar-refractivity contribution in [3.63, 3.8) is 0 Å². The van der Waals surface area contributed by atoms with E-state index in [1.807, 2.05) is 31.2 Å². The zero-order valence-electron chi connectivity index (χ0n) is 7.39. The minimum Gasteiger partial charge on any atom is -0.0841 e. The SMILES string of the molecule is CCC.Cc1ccccc1Cl. The van der Waals surface area contributed by atoms with E-state index in [1.54, 1.807) is 0 Å². The van der Waals surface area contributed by atoms with E-state index in [2.05, 4.69) is 13.8 Å². The van der Waals surface area contributed by atoms with E-state index in [-0.39, 0.29) is 0 Å². The van der Waals surface area contributed by atoms with Gasteiger partial charge in [-0.25, -0.2) is 0 Å². The van der Waals surface area contributed by atoms with Gasteiger partial charge in [-0.3, -0.25) is 0 Å². The summed E-state index contributed by atoms with van der Waals surface area (Å²) in [5.41, 5.74) is 1.13. The van der Waals surface area contributed by atoms with E-state index in [1.165, 1.54) is 6.42 Å². The first kappa shape index (κ1) is 10.5. The first-order chi connectivity index (χ1) is 5.22. The Labute approximate surface area is 74.2 Å². The smallest absolute Gasteiger partial charge is 0.0435 e. The van der Waals surface area contributed by atoms with Crippen LogP contribution < -0.4 is 0 Å². The van der Waals surface area contributed by atoms with Crippen LogP contribution in [-0.2, 0) is 0 Å². The maximum Gasteiger partial charge on any atom is 0.0435 e. The summed E-state index contributed by atoms with van der Waals surface area (Å²) in [5.74, 6) is 0. The number of aryl methyl sites for hydroxylation is 1. The Morgan fingerprint density at radius 2 is 1.64 bits per heavy atom. The summed E-state index contributed by atoms with van der Waals surface area (Å²) in [5, 5.41) is 0.840. The summed E-state index contributed by atoms with van der Waals surface area (Å²) in [7, 11) is 0. The van der Waals surface area contributed by atoms with Crippen LogP contribution >= 0.6 is 11.6 Å². The molecule has 0 amide bonds. The largest absolute Gasteiger partial charge is 0.0841 e. The van der Waals surface area contributed by atoms with Crippen LogP contribution in [0.25, 0.3) is 0 Å². The molecule has 0 aromatic heterocycles. The van der Waals surface area contributed by atoms with Gasteiger partial charge >= 0.3 is 0 Å². The number of hydrogen-bond acceptors (Lipinski definition) is 0. The van der Waals surface area contributed by atoms with Gasteiger partial charge in [0, 0.05) is 5.02 Å². The summed E-state index contributed by atoms with van der Waals surface area (Å²) in [6.07, 6.45) is 1.25. The molecule has 0 nitrogen and oxygen atoms in total. The number of halogens is 1. The Hall–Kier alpha value is -0.490. The van der Waals surface area contributed by atoms with Gasteiger partial charge in [0.05, 0.1) is 0 Å². The quantitative estimate of drug-likeness (QED) is 0.551. The van der Waals surface area contributed by atoms with Gasteiger partial charge in [-0.05, 0) is 18.6 Å². The minimum absolute atomic E-state index is 0.840. The van der Waals surface area contributed by atoms with Crippen LogP contribution in [0.3, 0.4) is 0 Å². The maximum atomic E-state index is 5.71. The number of hydrogen-bond donors (Lipinski definition) is 0. The van der Waals surface area contributed by atoms with Gasteiger partial charge in [-0.2, -0.15) is 0 Å². The first-order valence-electron chi connectivity index (χ1n) is 3.93. The Morgan fingerprint density at radius 1 is 1.18 bits per heavy atom. The third-order valence-electron chi connectivity index (χ3n) is 1.08. The van der Waals surface area contributed by atoms with E-state index in [0.717, 1.165) is 10.6 Å². The first-order valence-corrected chi connectivity index (χ1v) is 4.31. The predicted molar refractivity (Wildman–Crippen MR) is 52.2 cm³/mol. The van der Waals surface area contributed by atoms with Crippen molar-refractivity contribution in [2.45, 2.75) is 27.2 Å². The molecule has 0 saturated heterocycles. The lowest BCUT2D eigenvalue weighted by molar-refractivity contribution is 1.09. The second-order valence-electron chi connectivity index (χ2n) is 2.46. The summed E-state index contributed by atoms with van der Waals surface area (Å²) >= 11 is 5.71. The van der Waals surface area contributed by atoms with Crippen LogP contribution in [0.15, 0.2) is 24.3 Å². The normalized spacial score (nSPS) is 8.36. The topological polar surface area (TPSA) is 0 Å². The fraction of sp³-hybridized carbons (Fsp3) is 0.400. The van der Waals surface area contributed by atoms with Gasteiger partial charge in [-0.1, -0.05) is 50.1 Å². The average Bonchev–Trinajstić information content (AvgIpc) is 1.97. The molecule has 0 aliphatic rings. The van der Waals surface area contributed by atoms with Crippen molar-refractivity contribution in [3.05, 3.63) is 34.9 Å². The lowest BCUT2D eigenvalue weighted by Crippen LogP contribution is -1.68. The Balaban J connectivity index is 0.000000292. The molecule has 0 N–H and O–H groups in total. The number of rotatable bonds is 0. The van der Waals surface area contributed by atoms with Crippen molar-refractivity contribution in [1.82, 2.24) is 0 Å². The van der Waals surface area contributed by atoms with Gasteiger partial charge in [0.25, 0.3) is 0 Å². The third kappa shape index (κ3) is 4.86. The van der Waals surface area contributed by atoms with Crippen molar-refractivity contribution in [2.24, 2.45) is 0 Å². The highest BCUT2D eigenvalue weighted by atomic mass is 35.5. The van der Waals surface area contributed by atoms with E-state index < -0.39 is 0 Å². The molecule has 0 aliphatic heterocycles. The van der Waals surface area contributed by atoms with E-state index >= 15 is 0 Å². The lowest BCUT2D eigenvalue weighted by Gasteiger charge is -1.90. The van der Waals surface area contributed by atoms with Crippen LogP contribution in [0.1, 0.15) is 25.8 Å². The second kappa shape index (κ2) is 6.23. The van der Waals surface area contributed by atoms with Crippen molar-refractivity contribution in [2.75, 3.05) is 0 Å². The molecule has 1 aromatic rings. The van der Waals surface area contributed by atoms with Crippen molar-refractivity contribution in [3.8, 4) is 0 Å². The van der Waals surface area contributed by atoms with Gasteiger partial charge in [0.1, 0.15) is 0 Å². The molecule has 0 radical (unpaired) electrons. The highest BCUT2D eigenvalue weighted by Crippen LogP contribution is 2.11. The molecule has 0 atom stereocenters. The highest BCUT2D eigenvalue weighted by molar-refractivity contribution is 6.31. The predicted octanol–water partition coefficient (Wildman–Crippen LogP) is 4.06. The van der Waals surface area contributed by atoms with E-state index in [4.69, 9.17) is 11.6 Å². The molecule has 1 rings (SSSR count). The van der Waals surface area contributed by atoms with Crippen LogP contribution in [0.5, 0.6) is 0 Å². The van der Waals surface area contributed by atoms with E-state index in [9.17, 15) is 0 Å². The van der Waals surface area contributed by atoms with Gasteiger partial charge in [0.15, 0.2) is 0 Å².